The summed E-state index contributed by atoms with van der Waals surface area (Å²) in [5.41, 5.74) is 0. The molecule has 0 atom stereocenters. The van der Waals surface area contributed by atoms with Gasteiger partial charge in [-0.2, -0.15) is 0 Å². The summed E-state index contributed by atoms with van der Waals surface area (Å²) >= 11 is 0. The molecule has 0 rings (SSSR count). The van der Waals surface area contributed by atoms with Gasteiger partial charge >= 0.3 is 5.97 Å². The number of aliphatic carboxylic acids is 1. The number of carboxylic acid groups (broad SMARTS) is 1. The molecule has 0 radical (unpaired) electrons. The Balaban J connectivity index is 3.08. The van der Waals surface area contributed by atoms with Gasteiger partial charge in [0, 0.05) is 6.42 Å². The summed E-state index contributed by atoms with van der Waals surface area (Å²) in [6.07, 6.45) is 15.8. The van der Waals surface area contributed by atoms with Gasteiger partial charge in [-0.25, -0.2) is 0 Å². The zero-order valence-electron chi connectivity index (χ0n) is 13.1. The van der Waals surface area contributed by atoms with Crippen molar-refractivity contribution in [3.8, 4) is 0 Å². The minimum atomic E-state index is -0.655. The highest BCUT2D eigenvalue weighted by atomic mass is 16.4. The second-order valence-electron chi connectivity index (χ2n) is 5.80. The van der Waals surface area contributed by atoms with E-state index in [1.54, 1.807) is 0 Å². The lowest BCUT2D eigenvalue weighted by Gasteiger charge is -2.11. The highest BCUT2D eigenvalue weighted by molar-refractivity contribution is 5.66. The van der Waals surface area contributed by atoms with Crippen LogP contribution in [0.2, 0.25) is 0 Å². The first-order chi connectivity index (χ1) is 9.20. The molecule has 19 heavy (non-hydrogen) atoms. The summed E-state index contributed by atoms with van der Waals surface area (Å²) in [6.45, 7) is 4.61. The number of carbonyl (C=O) groups is 1. The lowest BCUT2D eigenvalue weighted by molar-refractivity contribution is -0.137. The van der Waals surface area contributed by atoms with E-state index < -0.39 is 5.97 Å². The summed E-state index contributed by atoms with van der Waals surface area (Å²) < 4.78 is 0. The SMILES string of the molecule is CCC(CC)CCCCCCCCCCCC(=O)O. The molecule has 0 aromatic carbocycles. The van der Waals surface area contributed by atoms with Gasteiger partial charge in [0.1, 0.15) is 0 Å². The molecule has 0 aliphatic rings. The van der Waals surface area contributed by atoms with E-state index in [0.29, 0.717) is 6.42 Å². The number of carboxylic acids is 1. The quantitative estimate of drug-likeness (QED) is 0.405. The number of hydrogen-bond acceptors (Lipinski definition) is 1. The van der Waals surface area contributed by atoms with Crippen LogP contribution in [0, 0.1) is 5.92 Å². The van der Waals surface area contributed by atoms with Crippen molar-refractivity contribution in [1.29, 1.82) is 0 Å². The van der Waals surface area contributed by atoms with Crippen molar-refractivity contribution >= 4 is 5.97 Å². The van der Waals surface area contributed by atoms with Gasteiger partial charge in [0.25, 0.3) is 0 Å². The molecule has 0 bridgehead atoms. The molecular formula is C17H34O2. The third-order valence-corrected chi connectivity index (χ3v) is 4.16. The first-order valence-corrected chi connectivity index (χ1v) is 8.42. The number of unbranched alkanes of at least 4 members (excludes halogenated alkanes) is 8. The number of rotatable bonds is 14. The zero-order chi connectivity index (χ0) is 14.3. The van der Waals surface area contributed by atoms with Crippen molar-refractivity contribution < 1.29 is 9.90 Å². The van der Waals surface area contributed by atoms with Gasteiger partial charge in [0.05, 0.1) is 0 Å². The second kappa shape index (κ2) is 13.9. The molecule has 0 heterocycles. The molecule has 114 valence electrons. The van der Waals surface area contributed by atoms with Crippen molar-refractivity contribution in [2.75, 3.05) is 0 Å². The van der Waals surface area contributed by atoms with Crippen molar-refractivity contribution in [3.63, 3.8) is 0 Å². The molecular weight excluding hydrogens is 236 g/mol. The molecule has 0 fully saturated rings. The Morgan fingerprint density at radius 1 is 0.789 bits per heavy atom. The van der Waals surface area contributed by atoms with E-state index in [9.17, 15) is 4.79 Å². The van der Waals surface area contributed by atoms with E-state index in [0.717, 1.165) is 18.8 Å². The molecule has 2 nitrogen and oxygen atoms in total. The average Bonchev–Trinajstić information content (AvgIpc) is 2.40. The first-order valence-electron chi connectivity index (χ1n) is 8.42. The van der Waals surface area contributed by atoms with Crippen LogP contribution >= 0.6 is 0 Å². The number of hydrogen-bond donors (Lipinski definition) is 1. The summed E-state index contributed by atoms with van der Waals surface area (Å²) in [7, 11) is 0. The molecule has 0 spiro atoms. The third kappa shape index (κ3) is 13.7. The molecule has 0 amide bonds. The predicted molar refractivity (Wildman–Crippen MR) is 82.5 cm³/mol. The van der Waals surface area contributed by atoms with Gasteiger partial charge in [0.15, 0.2) is 0 Å². The molecule has 2 heteroatoms. The van der Waals surface area contributed by atoms with Crippen LogP contribution in [0.25, 0.3) is 0 Å². The van der Waals surface area contributed by atoms with Crippen molar-refractivity contribution in [2.24, 2.45) is 5.92 Å². The third-order valence-electron chi connectivity index (χ3n) is 4.16. The summed E-state index contributed by atoms with van der Waals surface area (Å²) in [4.78, 5) is 10.3. The maximum absolute atomic E-state index is 10.3. The maximum Gasteiger partial charge on any atom is 0.303 e. The molecule has 0 aliphatic heterocycles. The highest BCUT2D eigenvalue weighted by Gasteiger charge is 2.02. The fraction of sp³-hybridized carbons (Fsp3) is 0.941. The van der Waals surface area contributed by atoms with Gasteiger partial charge in [-0.3, -0.25) is 4.79 Å². The average molecular weight is 270 g/mol. The lowest BCUT2D eigenvalue weighted by atomic mass is 9.95. The Bertz CT molecular complexity index is 197. The van der Waals surface area contributed by atoms with Gasteiger partial charge in [-0.05, 0) is 12.3 Å². The van der Waals surface area contributed by atoms with Crippen LogP contribution in [0.5, 0.6) is 0 Å². The van der Waals surface area contributed by atoms with E-state index in [1.165, 1.54) is 64.2 Å². The van der Waals surface area contributed by atoms with Crippen LogP contribution in [0.3, 0.4) is 0 Å². The molecule has 0 unspecified atom stereocenters. The van der Waals surface area contributed by atoms with Crippen LogP contribution < -0.4 is 0 Å². The van der Waals surface area contributed by atoms with Gasteiger partial charge in [-0.1, -0.05) is 84.5 Å². The van der Waals surface area contributed by atoms with E-state index in [4.69, 9.17) is 5.11 Å². The standard InChI is InChI=1S/C17H34O2/c1-3-16(4-2)14-12-10-8-6-5-7-9-11-13-15-17(18)19/h16H,3-15H2,1-2H3,(H,18,19). The Kier molecular flexibility index (Phi) is 13.5. The predicted octanol–water partition coefficient (Wildman–Crippen LogP) is 5.80. The molecule has 0 saturated heterocycles. The highest BCUT2D eigenvalue weighted by Crippen LogP contribution is 2.18. The Hall–Kier alpha value is -0.530. The van der Waals surface area contributed by atoms with Crippen LogP contribution in [0.1, 0.15) is 97.3 Å². The molecule has 0 aliphatic carbocycles. The minimum absolute atomic E-state index is 0.343. The maximum atomic E-state index is 10.3. The summed E-state index contributed by atoms with van der Waals surface area (Å²) in [5, 5.41) is 8.51. The fourth-order valence-electron chi connectivity index (χ4n) is 2.64. The lowest BCUT2D eigenvalue weighted by Crippen LogP contribution is -1.96. The Morgan fingerprint density at radius 3 is 1.63 bits per heavy atom. The van der Waals surface area contributed by atoms with E-state index in [1.807, 2.05) is 0 Å². The van der Waals surface area contributed by atoms with Crippen LogP contribution in [-0.4, -0.2) is 11.1 Å². The van der Waals surface area contributed by atoms with Crippen LogP contribution in [0.15, 0.2) is 0 Å². The Morgan fingerprint density at radius 2 is 1.21 bits per heavy atom. The van der Waals surface area contributed by atoms with Gasteiger partial charge in [0.2, 0.25) is 0 Å². The largest absolute Gasteiger partial charge is 0.481 e. The van der Waals surface area contributed by atoms with Crippen molar-refractivity contribution in [2.45, 2.75) is 97.3 Å². The molecule has 0 aromatic heterocycles. The smallest absolute Gasteiger partial charge is 0.303 e. The van der Waals surface area contributed by atoms with Crippen LogP contribution in [-0.2, 0) is 4.79 Å². The van der Waals surface area contributed by atoms with Crippen molar-refractivity contribution in [3.05, 3.63) is 0 Å². The van der Waals surface area contributed by atoms with Gasteiger partial charge < -0.3 is 5.11 Å². The second-order valence-corrected chi connectivity index (χ2v) is 5.80. The molecule has 1 N–H and O–H groups in total. The molecule has 0 aromatic rings. The van der Waals surface area contributed by atoms with Crippen molar-refractivity contribution in [1.82, 2.24) is 0 Å². The Labute approximate surface area is 120 Å². The van der Waals surface area contributed by atoms with E-state index in [-0.39, 0.29) is 0 Å². The van der Waals surface area contributed by atoms with Crippen LogP contribution in [0.4, 0.5) is 0 Å². The normalized spacial score (nSPS) is 11.1. The summed E-state index contributed by atoms with van der Waals surface area (Å²) in [6, 6.07) is 0. The molecule has 0 saturated carbocycles. The fourth-order valence-corrected chi connectivity index (χ4v) is 2.64. The topological polar surface area (TPSA) is 37.3 Å². The summed E-state index contributed by atoms with van der Waals surface area (Å²) in [5.74, 6) is 0.298. The zero-order valence-corrected chi connectivity index (χ0v) is 13.1. The van der Waals surface area contributed by atoms with E-state index >= 15 is 0 Å². The van der Waals surface area contributed by atoms with Gasteiger partial charge in [-0.15, -0.1) is 0 Å². The van der Waals surface area contributed by atoms with E-state index in [2.05, 4.69) is 13.8 Å². The monoisotopic (exact) mass is 270 g/mol. The first kappa shape index (κ1) is 18.5. The minimum Gasteiger partial charge on any atom is -0.481 e.